The first-order chi connectivity index (χ1) is 34.0. The van der Waals surface area contributed by atoms with E-state index >= 15 is 0 Å². The number of hydrogen-bond acceptors (Lipinski definition) is 5. The molecule has 0 aliphatic rings. The van der Waals surface area contributed by atoms with E-state index in [-0.39, 0.29) is 18.5 Å². The van der Waals surface area contributed by atoms with Gasteiger partial charge in [-0.3, -0.25) is 9.59 Å². The van der Waals surface area contributed by atoms with Gasteiger partial charge in [0, 0.05) is 12.8 Å². The van der Waals surface area contributed by atoms with Crippen molar-refractivity contribution in [2.24, 2.45) is 0 Å². The Labute approximate surface area is 429 Å². The van der Waals surface area contributed by atoms with E-state index in [1.807, 2.05) is 6.08 Å². The number of esters is 1. The van der Waals surface area contributed by atoms with E-state index in [1.54, 1.807) is 6.08 Å². The summed E-state index contributed by atoms with van der Waals surface area (Å²) in [6.07, 6.45) is 74.4. The molecule has 2 unspecified atom stereocenters. The third-order valence-corrected chi connectivity index (χ3v) is 13.8. The molecule has 0 bridgehead atoms. The highest BCUT2D eigenvalue weighted by Gasteiger charge is 2.18. The summed E-state index contributed by atoms with van der Waals surface area (Å²) in [6, 6.07) is -0.669. The topological polar surface area (TPSA) is 95.9 Å². The zero-order valence-electron chi connectivity index (χ0n) is 46.0. The van der Waals surface area contributed by atoms with Crippen molar-refractivity contribution in [1.29, 1.82) is 0 Å². The smallest absolute Gasteiger partial charge is 0.305 e. The van der Waals surface area contributed by atoms with E-state index in [0.29, 0.717) is 19.4 Å². The number of aliphatic hydroxyl groups excluding tert-OH is 2. The van der Waals surface area contributed by atoms with Crippen molar-refractivity contribution in [2.45, 2.75) is 328 Å². The van der Waals surface area contributed by atoms with Gasteiger partial charge in [0.1, 0.15) is 0 Å². The fourth-order valence-electron chi connectivity index (χ4n) is 9.14. The highest BCUT2D eigenvalue weighted by Crippen LogP contribution is 2.17. The lowest BCUT2D eigenvalue weighted by molar-refractivity contribution is -0.143. The van der Waals surface area contributed by atoms with Crippen LogP contribution in [0.5, 0.6) is 0 Å². The first kappa shape index (κ1) is 66.8. The van der Waals surface area contributed by atoms with Crippen LogP contribution in [0.2, 0.25) is 0 Å². The molecule has 3 N–H and O–H groups in total. The van der Waals surface area contributed by atoms with Crippen LogP contribution in [0.15, 0.2) is 48.6 Å². The fraction of sp³-hybridized carbons (Fsp3) is 0.841. The summed E-state index contributed by atoms with van der Waals surface area (Å²) >= 11 is 0. The van der Waals surface area contributed by atoms with E-state index in [1.165, 1.54) is 212 Å². The second kappa shape index (κ2) is 58.4. The molecule has 1 amide bonds. The number of unbranched alkanes of at least 4 members (excludes halogenated alkanes) is 39. The third-order valence-electron chi connectivity index (χ3n) is 13.8. The van der Waals surface area contributed by atoms with E-state index in [2.05, 4.69) is 55.6 Å². The van der Waals surface area contributed by atoms with Gasteiger partial charge in [-0.25, -0.2) is 0 Å². The molecule has 6 nitrogen and oxygen atoms in total. The lowest BCUT2D eigenvalue weighted by atomic mass is 10.0. The number of carbonyl (C=O) groups is 2. The Bertz CT molecular complexity index is 1160. The van der Waals surface area contributed by atoms with Crippen LogP contribution >= 0.6 is 0 Å². The van der Waals surface area contributed by atoms with Crippen molar-refractivity contribution in [2.75, 3.05) is 13.2 Å². The number of carbonyl (C=O) groups excluding carboxylic acids is 2. The van der Waals surface area contributed by atoms with Crippen LogP contribution < -0.4 is 5.32 Å². The maximum absolute atomic E-state index is 12.5. The van der Waals surface area contributed by atoms with Crippen molar-refractivity contribution in [3.05, 3.63) is 48.6 Å². The molecule has 0 aliphatic carbocycles. The van der Waals surface area contributed by atoms with Crippen LogP contribution in [0, 0.1) is 0 Å². The zero-order chi connectivity index (χ0) is 50.0. The second-order valence-corrected chi connectivity index (χ2v) is 20.7. The van der Waals surface area contributed by atoms with Crippen LogP contribution in [0.3, 0.4) is 0 Å². The van der Waals surface area contributed by atoms with Crippen LogP contribution in [0.1, 0.15) is 316 Å². The van der Waals surface area contributed by atoms with Crippen LogP contribution in [-0.4, -0.2) is 47.4 Å². The quantitative estimate of drug-likeness (QED) is 0.0321. The standard InChI is InChI=1S/C63H117NO5/c1-3-5-7-9-11-13-15-17-19-21-23-24-25-26-27-28-29-30-32-34-36-39-43-47-51-55-61(66)60(59-65)64-62(67)56-52-48-44-40-38-42-46-50-54-58-69-63(68)57-53-49-45-41-37-35-33-31-22-20-18-16-14-12-10-8-6-4-2/h14,16,20,22,40,44,51,55,60-61,65-66H,3-13,15,17-19,21,23-39,41-43,45-50,52-54,56-59H2,1-2H3,(H,64,67)/b16-14-,22-20-,44-40-,55-51+. The van der Waals surface area contributed by atoms with Crippen molar-refractivity contribution >= 4 is 11.9 Å². The average molecular weight is 969 g/mol. The number of rotatable bonds is 56. The summed E-state index contributed by atoms with van der Waals surface area (Å²) in [4.78, 5) is 24.6. The van der Waals surface area contributed by atoms with Gasteiger partial charge in [0.25, 0.3) is 0 Å². The highest BCUT2D eigenvalue weighted by molar-refractivity contribution is 5.76. The normalized spacial score (nSPS) is 12.9. The SMILES string of the molecule is CCCCCC/C=C\C/C=C\CCCCCCCCCC(=O)OCCCCCC/C=C\CCCC(=O)NC(CO)C(O)/C=C/CCCCCCCCCCCCCCCCCCCCCCCCC. The lowest BCUT2D eigenvalue weighted by Crippen LogP contribution is -2.45. The maximum Gasteiger partial charge on any atom is 0.305 e. The van der Waals surface area contributed by atoms with Gasteiger partial charge in [-0.15, -0.1) is 0 Å². The number of allylic oxidation sites excluding steroid dienone is 7. The summed E-state index contributed by atoms with van der Waals surface area (Å²) in [7, 11) is 0. The van der Waals surface area contributed by atoms with Gasteiger partial charge in [0.2, 0.25) is 5.91 Å². The molecule has 6 heteroatoms. The van der Waals surface area contributed by atoms with Gasteiger partial charge in [0.15, 0.2) is 0 Å². The first-order valence-corrected chi connectivity index (χ1v) is 30.4. The predicted octanol–water partition coefficient (Wildman–Crippen LogP) is 19.0. The van der Waals surface area contributed by atoms with Crippen molar-refractivity contribution in [1.82, 2.24) is 5.32 Å². The second-order valence-electron chi connectivity index (χ2n) is 20.7. The summed E-state index contributed by atoms with van der Waals surface area (Å²) in [5.74, 6) is -0.172. The summed E-state index contributed by atoms with van der Waals surface area (Å²) in [5.41, 5.74) is 0. The molecule has 0 aromatic rings. The number of aliphatic hydroxyl groups is 2. The summed E-state index contributed by atoms with van der Waals surface area (Å²) < 4.78 is 5.45. The molecule has 2 atom stereocenters. The van der Waals surface area contributed by atoms with Crippen molar-refractivity contribution in [3.8, 4) is 0 Å². The summed E-state index contributed by atoms with van der Waals surface area (Å²) in [6.45, 7) is 4.81. The molecule has 0 aliphatic heterocycles. The monoisotopic (exact) mass is 968 g/mol. The first-order valence-electron chi connectivity index (χ1n) is 30.4. The Kier molecular flexibility index (Phi) is 56.5. The average Bonchev–Trinajstić information content (AvgIpc) is 3.35. The highest BCUT2D eigenvalue weighted by atomic mass is 16.5. The Hall–Kier alpha value is -2.18. The minimum atomic E-state index is -0.879. The predicted molar refractivity (Wildman–Crippen MR) is 301 cm³/mol. The van der Waals surface area contributed by atoms with E-state index < -0.39 is 12.1 Å². The molecular formula is C63H117NO5. The van der Waals surface area contributed by atoms with E-state index in [9.17, 15) is 19.8 Å². The molecule has 0 fully saturated rings. The molecule has 0 aromatic carbocycles. The third kappa shape index (κ3) is 55.0. The van der Waals surface area contributed by atoms with Gasteiger partial charge in [-0.2, -0.15) is 0 Å². The van der Waals surface area contributed by atoms with Crippen molar-refractivity contribution in [3.63, 3.8) is 0 Å². The fourth-order valence-corrected chi connectivity index (χ4v) is 9.14. The van der Waals surface area contributed by atoms with E-state index in [0.717, 1.165) is 77.0 Å². The van der Waals surface area contributed by atoms with Gasteiger partial charge in [0.05, 0.1) is 25.4 Å². The Morgan fingerprint density at radius 2 is 0.739 bits per heavy atom. The molecule has 0 saturated heterocycles. The minimum Gasteiger partial charge on any atom is -0.466 e. The molecule has 0 rings (SSSR count). The number of ether oxygens (including phenoxy) is 1. The molecule has 0 heterocycles. The van der Waals surface area contributed by atoms with Gasteiger partial charge in [-0.05, 0) is 83.5 Å². The molecule has 0 radical (unpaired) electrons. The minimum absolute atomic E-state index is 0.0450. The van der Waals surface area contributed by atoms with Gasteiger partial charge in [-0.1, -0.05) is 268 Å². The van der Waals surface area contributed by atoms with E-state index in [4.69, 9.17) is 4.74 Å². The van der Waals surface area contributed by atoms with Crippen LogP contribution in [0.25, 0.3) is 0 Å². The number of amides is 1. The molecule has 0 spiro atoms. The van der Waals surface area contributed by atoms with Crippen LogP contribution in [-0.2, 0) is 14.3 Å². The number of nitrogens with one attached hydrogen (secondary N) is 1. The maximum atomic E-state index is 12.5. The Morgan fingerprint density at radius 3 is 1.16 bits per heavy atom. The van der Waals surface area contributed by atoms with Gasteiger partial charge < -0.3 is 20.3 Å². The van der Waals surface area contributed by atoms with Crippen molar-refractivity contribution < 1.29 is 24.5 Å². The molecule has 404 valence electrons. The molecule has 69 heavy (non-hydrogen) atoms. The molecule has 0 saturated carbocycles. The Balaban J connectivity index is 3.55. The lowest BCUT2D eigenvalue weighted by Gasteiger charge is -2.19. The largest absolute Gasteiger partial charge is 0.466 e. The Morgan fingerprint density at radius 1 is 0.406 bits per heavy atom. The number of hydrogen-bond donors (Lipinski definition) is 3. The van der Waals surface area contributed by atoms with Gasteiger partial charge >= 0.3 is 5.97 Å². The molecular weight excluding hydrogens is 851 g/mol. The zero-order valence-corrected chi connectivity index (χ0v) is 46.0. The molecule has 0 aromatic heterocycles. The van der Waals surface area contributed by atoms with Crippen LogP contribution in [0.4, 0.5) is 0 Å². The summed E-state index contributed by atoms with van der Waals surface area (Å²) in [5, 5.41) is 23.1.